The molecule has 0 N–H and O–H groups in total. The lowest BCUT2D eigenvalue weighted by atomic mass is 9.98. The highest BCUT2D eigenvalue weighted by Gasteiger charge is 2.37. The molecule has 14 heteroatoms. The van der Waals surface area contributed by atoms with E-state index in [0.717, 1.165) is 12.1 Å². The molecule has 5 rings (SSSR count). The number of halogens is 5. The molecule has 1 unspecified atom stereocenters. The zero-order chi connectivity index (χ0) is 30.2. The third-order valence-electron chi connectivity index (χ3n) is 7.04. The summed E-state index contributed by atoms with van der Waals surface area (Å²) in [4.78, 5) is 28.2. The zero-order valence-electron chi connectivity index (χ0n) is 22.7. The number of hydrogen-bond acceptors (Lipinski definition) is 8. The monoisotopic (exact) mass is 585 g/mol. The van der Waals surface area contributed by atoms with Gasteiger partial charge in [-0.2, -0.15) is 33.3 Å². The fourth-order valence-electron chi connectivity index (χ4n) is 4.96. The Labute approximate surface area is 236 Å². The van der Waals surface area contributed by atoms with E-state index in [1.165, 1.54) is 49.5 Å². The molecular weight excluding hydrogens is 561 g/mol. The van der Waals surface area contributed by atoms with Crippen LogP contribution in [0.4, 0.5) is 27.8 Å². The first-order chi connectivity index (χ1) is 20.0. The van der Waals surface area contributed by atoms with Gasteiger partial charge in [0.1, 0.15) is 17.0 Å². The lowest BCUT2D eigenvalue weighted by Gasteiger charge is -2.27. The number of likely N-dealkylation sites (tertiary alicyclic amines) is 1. The van der Waals surface area contributed by atoms with Crippen LogP contribution in [0.25, 0.3) is 28.2 Å². The van der Waals surface area contributed by atoms with Gasteiger partial charge in [-0.15, -0.1) is 0 Å². The van der Waals surface area contributed by atoms with Gasteiger partial charge in [-0.25, -0.2) is 8.78 Å². The summed E-state index contributed by atoms with van der Waals surface area (Å²) in [5.74, 6) is -2.71. The number of carbonyl (C=O) groups excluding carboxylic acids is 1. The summed E-state index contributed by atoms with van der Waals surface area (Å²) in [6.07, 6.45) is -0.676. The van der Waals surface area contributed by atoms with E-state index in [0.29, 0.717) is 6.42 Å². The van der Waals surface area contributed by atoms with Crippen molar-refractivity contribution in [2.75, 3.05) is 32.1 Å². The quantitative estimate of drug-likeness (QED) is 0.230. The van der Waals surface area contributed by atoms with Crippen molar-refractivity contribution in [1.82, 2.24) is 30.0 Å². The summed E-state index contributed by atoms with van der Waals surface area (Å²) in [7, 11) is 2.93. The number of benzene rings is 1. The minimum atomic E-state index is -4.74. The average Bonchev–Trinajstić information content (AvgIpc) is 3.46. The number of amides is 1. The van der Waals surface area contributed by atoms with Crippen LogP contribution in [0.1, 0.15) is 23.2 Å². The van der Waals surface area contributed by atoms with Crippen molar-refractivity contribution in [3.05, 3.63) is 71.2 Å². The maximum Gasteiger partial charge on any atom is 0.417 e. The summed E-state index contributed by atoms with van der Waals surface area (Å²) in [5.41, 5.74) is -2.10. The Morgan fingerprint density at radius 1 is 1.19 bits per heavy atom. The summed E-state index contributed by atoms with van der Waals surface area (Å²) in [6, 6.07) is 6.33. The maximum absolute atomic E-state index is 15.9. The van der Waals surface area contributed by atoms with Crippen LogP contribution in [0.3, 0.4) is 0 Å². The number of ether oxygens (including phenoxy) is 1. The van der Waals surface area contributed by atoms with Gasteiger partial charge in [-0.05, 0) is 31.0 Å². The molecule has 1 saturated heterocycles. The maximum atomic E-state index is 15.9. The van der Waals surface area contributed by atoms with Gasteiger partial charge in [-0.1, -0.05) is 18.2 Å². The molecule has 1 aliphatic rings. The third-order valence-corrected chi connectivity index (χ3v) is 7.04. The highest BCUT2D eigenvalue weighted by molar-refractivity contribution is 5.96. The molecule has 0 saturated carbocycles. The smallest absolute Gasteiger partial charge is 0.417 e. The van der Waals surface area contributed by atoms with Crippen LogP contribution < -0.4 is 9.64 Å². The SMILES string of the molecule is COc1nc(N(C)C2CCN(C(=O)/C(F)=C/c3cccnn3)C2)c2cnc(-c3cccc(C)c3C(F)(F)F)c(F)c2n1. The second-order valence-electron chi connectivity index (χ2n) is 9.66. The number of aryl methyl sites for hydroxylation is 1. The molecule has 1 fully saturated rings. The molecule has 0 radical (unpaired) electrons. The minimum absolute atomic E-state index is 0.0784. The van der Waals surface area contributed by atoms with Gasteiger partial charge in [0.2, 0.25) is 0 Å². The number of carbonyl (C=O) groups is 1. The Balaban J connectivity index is 1.48. The number of hydrogen-bond donors (Lipinski definition) is 0. The van der Waals surface area contributed by atoms with Gasteiger partial charge in [0.15, 0.2) is 11.6 Å². The van der Waals surface area contributed by atoms with E-state index in [-0.39, 0.29) is 53.1 Å². The van der Waals surface area contributed by atoms with E-state index < -0.39 is 40.5 Å². The Morgan fingerprint density at radius 3 is 2.67 bits per heavy atom. The van der Waals surface area contributed by atoms with Crippen molar-refractivity contribution in [2.45, 2.75) is 25.6 Å². The second kappa shape index (κ2) is 11.3. The molecule has 3 aromatic heterocycles. The zero-order valence-corrected chi connectivity index (χ0v) is 22.7. The standard InChI is InChI=1S/C28H24F5N7O2/c1-15-6-4-8-18(21(15)28(31,32)33)23-22(30)24-19(13-34-23)25(37-27(36-24)42-3)39(2)17-9-11-40(14-17)26(41)20(29)12-16-7-5-10-35-38-16/h4-8,10,12-13,17H,9,11,14H2,1-3H3/b20-12-. The molecule has 0 spiro atoms. The molecule has 0 bridgehead atoms. The van der Waals surface area contributed by atoms with Gasteiger partial charge in [0.25, 0.3) is 5.91 Å². The summed E-state index contributed by atoms with van der Waals surface area (Å²) >= 11 is 0. The van der Waals surface area contributed by atoms with Crippen molar-refractivity contribution < 1.29 is 31.5 Å². The predicted octanol–water partition coefficient (Wildman–Crippen LogP) is 5.00. The lowest BCUT2D eigenvalue weighted by Crippen LogP contribution is -2.37. The van der Waals surface area contributed by atoms with Crippen LogP contribution in [0.2, 0.25) is 0 Å². The van der Waals surface area contributed by atoms with Crippen LogP contribution in [0.5, 0.6) is 6.01 Å². The van der Waals surface area contributed by atoms with Crippen molar-refractivity contribution in [3.8, 4) is 17.3 Å². The molecule has 218 valence electrons. The van der Waals surface area contributed by atoms with Gasteiger partial charge < -0.3 is 14.5 Å². The lowest BCUT2D eigenvalue weighted by molar-refractivity contribution is -0.137. The van der Waals surface area contributed by atoms with E-state index in [4.69, 9.17) is 4.74 Å². The van der Waals surface area contributed by atoms with E-state index in [1.807, 2.05) is 0 Å². The second-order valence-corrected chi connectivity index (χ2v) is 9.66. The topological polar surface area (TPSA) is 97.2 Å². The summed E-state index contributed by atoms with van der Waals surface area (Å²) in [5, 5.41) is 7.52. The number of likely N-dealkylation sites (N-methyl/N-ethyl adjacent to an activating group) is 1. The largest absolute Gasteiger partial charge is 0.467 e. The first-order valence-electron chi connectivity index (χ1n) is 12.7. The van der Waals surface area contributed by atoms with Gasteiger partial charge in [0, 0.05) is 50.2 Å². The number of pyridine rings is 1. The van der Waals surface area contributed by atoms with Gasteiger partial charge in [-0.3, -0.25) is 9.78 Å². The highest BCUT2D eigenvalue weighted by Crippen LogP contribution is 2.41. The van der Waals surface area contributed by atoms with Crippen LogP contribution in [0.15, 0.2) is 48.6 Å². The van der Waals surface area contributed by atoms with Crippen LogP contribution in [0, 0.1) is 12.7 Å². The summed E-state index contributed by atoms with van der Waals surface area (Å²) < 4.78 is 77.4. The van der Waals surface area contributed by atoms with Crippen molar-refractivity contribution in [3.63, 3.8) is 0 Å². The number of methoxy groups -OCH3 is 1. The molecule has 1 aromatic carbocycles. The molecule has 1 amide bonds. The third kappa shape index (κ3) is 5.43. The molecular formula is C28H24F5N7O2. The molecule has 1 aliphatic heterocycles. The molecule has 4 heterocycles. The van der Waals surface area contributed by atoms with Crippen LogP contribution >= 0.6 is 0 Å². The number of nitrogens with zero attached hydrogens (tertiary/aromatic N) is 7. The van der Waals surface area contributed by atoms with Crippen molar-refractivity contribution in [1.29, 1.82) is 0 Å². The molecule has 9 nitrogen and oxygen atoms in total. The Morgan fingerprint density at radius 2 is 1.98 bits per heavy atom. The summed E-state index contributed by atoms with van der Waals surface area (Å²) in [6.45, 7) is 1.65. The van der Waals surface area contributed by atoms with Gasteiger partial charge in [0.05, 0.1) is 23.8 Å². The van der Waals surface area contributed by atoms with E-state index in [2.05, 4.69) is 25.1 Å². The number of rotatable bonds is 6. The van der Waals surface area contributed by atoms with Crippen molar-refractivity contribution in [2.24, 2.45) is 0 Å². The Kier molecular flexibility index (Phi) is 7.71. The van der Waals surface area contributed by atoms with E-state index in [1.54, 1.807) is 18.0 Å². The normalized spacial score (nSPS) is 15.8. The van der Waals surface area contributed by atoms with Gasteiger partial charge >= 0.3 is 12.2 Å². The molecule has 4 aromatic rings. The molecule has 42 heavy (non-hydrogen) atoms. The molecule has 1 atom stereocenters. The Hall–Kier alpha value is -4.75. The predicted molar refractivity (Wildman–Crippen MR) is 144 cm³/mol. The highest BCUT2D eigenvalue weighted by atomic mass is 19.4. The minimum Gasteiger partial charge on any atom is -0.467 e. The number of anilines is 1. The van der Waals surface area contributed by atoms with Crippen LogP contribution in [-0.4, -0.2) is 69.2 Å². The number of aromatic nitrogens is 5. The van der Waals surface area contributed by atoms with Crippen molar-refractivity contribution >= 4 is 28.7 Å². The number of fused-ring (bicyclic) bond motifs is 1. The fourth-order valence-corrected chi connectivity index (χ4v) is 4.96. The molecule has 0 aliphatic carbocycles. The van der Waals surface area contributed by atoms with Crippen LogP contribution in [-0.2, 0) is 11.0 Å². The van der Waals surface area contributed by atoms with E-state index in [9.17, 15) is 22.4 Å². The average molecular weight is 586 g/mol. The first kappa shape index (κ1) is 28.8. The fraction of sp³-hybridized carbons (Fsp3) is 0.286. The first-order valence-corrected chi connectivity index (χ1v) is 12.7. The van der Waals surface area contributed by atoms with E-state index >= 15 is 4.39 Å². The number of alkyl halides is 3. The Bertz CT molecular complexity index is 1680.